The molecule has 0 atom stereocenters. The van der Waals surface area contributed by atoms with Crippen molar-refractivity contribution in [1.82, 2.24) is 10.3 Å². The zero-order valence-corrected chi connectivity index (χ0v) is 7.59. The molecule has 1 aliphatic rings. The Bertz CT molecular complexity index is 242. The molecule has 1 fully saturated rings. The summed E-state index contributed by atoms with van der Waals surface area (Å²) in [5.74, 6) is 0. The Hall–Kier alpha value is -1.06. The van der Waals surface area contributed by atoms with Gasteiger partial charge in [0.2, 0.25) is 0 Å². The van der Waals surface area contributed by atoms with Crippen LogP contribution in [0, 0.1) is 6.07 Å². The number of hydrogen-bond donors (Lipinski definition) is 2. The summed E-state index contributed by atoms with van der Waals surface area (Å²) in [4.78, 5) is 0. The van der Waals surface area contributed by atoms with Crippen molar-refractivity contribution in [2.75, 3.05) is 31.6 Å². The van der Waals surface area contributed by atoms with E-state index < -0.39 is 0 Å². The van der Waals surface area contributed by atoms with Gasteiger partial charge in [0.05, 0.1) is 0 Å². The van der Waals surface area contributed by atoms with Gasteiger partial charge in [0.15, 0.2) is 0 Å². The van der Waals surface area contributed by atoms with Crippen LogP contribution in [0.15, 0.2) is 24.3 Å². The standard InChI is InChI=1S/C10H14N3/c1-2-4-10(5-3-1)12-13-8-6-11-7-9-13/h2-5,11-12H,6-9H2. The largest absolute Gasteiger partial charge is 0.319 e. The number of anilines is 1. The number of piperazine rings is 1. The zero-order chi connectivity index (χ0) is 8.93. The third-order valence-corrected chi connectivity index (χ3v) is 2.12. The molecule has 3 heteroatoms. The van der Waals surface area contributed by atoms with Gasteiger partial charge in [-0.15, -0.1) is 0 Å². The lowest BCUT2D eigenvalue weighted by Crippen LogP contribution is -2.46. The Morgan fingerprint density at radius 2 is 1.92 bits per heavy atom. The number of rotatable bonds is 2. The second-order valence-corrected chi connectivity index (χ2v) is 3.14. The van der Waals surface area contributed by atoms with Gasteiger partial charge in [0, 0.05) is 31.9 Å². The third-order valence-electron chi connectivity index (χ3n) is 2.12. The second kappa shape index (κ2) is 4.25. The van der Waals surface area contributed by atoms with Crippen molar-refractivity contribution in [3.05, 3.63) is 30.3 Å². The van der Waals surface area contributed by atoms with Crippen LogP contribution in [0.2, 0.25) is 0 Å². The van der Waals surface area contributed by atoms with E-state index >= 15 is 0 Å². The summed E-state index contributed by atoms with van der Waals surface area (Å²) in [5.41, 5.74) is 4.49. The Balaban J connectivity index is 1.90. The molecule has 0 spiro atoms. The monoisotopic (exact) mass is 176 g/mol. The summed E-state index contributed by atoms with van der Waals surface area (Å²) in [6.07, 6.45) is 0. The Labute approximate surface area is 78.7 Å². The van der Waals surface area contributed by atoms with Gasteiger partial charge in [-0.25, -0.2) is 5.01 Å². The van der Waals surface area contributed by atoms with E-state index in [1.165, 1.54) is 0 Å². The second-order valence-electron chi connectivity index (χ2n) is 3.14. The highest BCUT2D eigenvalue weighted by atomic mass is 15.5. The average molecular weight is 176 g/mol. The predicted octanol–water partition coefficient (Wildman–Crippen LogP) is 0.719. The van der Waals surface area contributed by atoms with Crippen LogP contribution in [0.1, 0.15) is 0 Å². The van der Waals surface area contributed by atoms with Crippen LogP contribution in [0.3, 0.4) is 0 Å². The maximum atomic E-state index is 3.35. The molecule has 2 N–H and O–H groups in total. The first-order valence-electron chi connectivity index (χ1n) is 4.63. The lowest BCUT2D eigenvalue weighted by molar-refractivity contribution is 0.287. The molecule has 0 aliphatic carbocycles. The fourth-order valence-electron chi connectivity index (χ4n) is 1.42. The molecule has 1 aromatic carbocycles. The highest BCUT2D eigenvalue weighted by molar-refractivity contribution is 5.41. The van der Waals surface area contributed by atoms with Crippen LogP contribution in [-0.4, -0.2) is 31.2 Å². The molecule has 1 heterocycles. The first kappa shape index (κ1) is 8.53. The smallest absolute Gasteiger partial charge is 0.0490 e. The molecule has 13 heavy (non-hydrogen) atoms. The maximum absolute atomic E-state index is 3.35. The van der Waals surface area contributed by atoms with Gasteiger partial charge in [-0.1, -0.05) is 12.1 Å². The third kappa shape index (κ3) is 2.44. The first-order valence-corrected chi connectivity index (χ1v) is 4.63. The molecule has 0 unspecified atom stereocenters. The lowest BCUT2D eigenvalue weighted by Gasteiger charge is -2.28. The summed E-state index contributed by atoms with van der Waals surface area (Å²) in [7, 11) is 0. The predicted molar refractivity (Wildman–Crippen MR) is 53.3 cm³/mol. The van der Waals surface area contributed by atoms with Gasteiger partial charge in [-0.05, 0) is 18.2 Å². The van der Waals surface area contributed by atoms with Crippen molar-refractivity contribution in [2.24, 2.45) is 0 Å². The van der Waals surface area contributed by atoms with Crippen LogP contribution >= 0.6 is 0 Å². The number of benzene rings is 1. The fourth-order valence-corrected chi connectivity index (χ4v) is 1.42. The molecule has 2 rings (SSSR count). The molecule has 0 bridgehead atoms. The summed E-state index contributed by atoms with van der Waals surface area (Å²) >= 11 is 0. The summed E-state index contributed by atoms with van der Waals surface area (Å²) in [6, 6.07) is 10.9. The summed E-state index contributed by atoms with van der Waals surface area (Å²) in [6.45, 7) is 4.23. The minimum atomic E-state index is 1.05. The van der Waals surface area contributed by atoms with E-state index in [4.69, 9.17) is 0 Å². The van der Waals surface area contributed by atoms with E-state index in [0.717, 1.165) is 31.9 Å². The molecule has 1 aliphatic heterocycles. The van der Waals surface area contributed by atoms with Crippen molar-refractivity contribution in [2.45, 2.75) is 0 Å². The van der Waals surface area contributed by atoms with Gasteiger partial charge in [0.25, 0.3) is 0 Å². The van der Waals surface area contributed by atoms with E-state index in [0.29, 0.717) is 0 Å². The lowest BCUT2D eigenvalue weighted by atomic mass is 10.3. The first-order chi connectivity index (χ1) is 6.45. The van der Waals surface area contributed by atoms with E-state index in [9.17, 15) is 0 Å². The maximum Gasteiger partial charge on any atom is 0.0490 e. The minimum Gasteiger partial charge on any atom is -0.319 e. The zero-order valence-electron chi connectivity index (χ0n) is 7.59. The van der Waals surface area contributed by atoms with Crippen LogP contribution in [0.5, 0.6) is 0 Å². The number of nitrogens with one attached hydrogen (secondary N) is 2. The quantitative estimate of drug-likeness (QED) is 0.695. The average Bonchev–Trinajstić information content (AvgIpc) is 2.21. The highest BCUT2D eigenvalue weighted by Crippen LogP contribution is 2.06. The molecular formula is C10H14N3. The van der Waals surface area contributed by atoms with Crippen molar-refractivity contribution < 1.29 is 0 Å². The molecule has 69 valence electrons. The van der Waals surface area contributed by atoms with Gasteiger partial charge in [-0.3, -0.25) is 0 Å². The van der Waals surface area contributed by atoms with Crippen molar-refractivity contribution in [3.63, 3.8) is 0 Å². The van der Waals surface area contributed by atoms with Gasteiger partial charge < -0.3 is 10.7 Å². The number of hydrazine groups is 1. The molecule has 1 radical (unpaired) electrons. The van der Waals surface area contributed by atoms with Crippen LogP contribution in [-0.2, 0) is 0 Å². The summed E-state index contributed by atoms with van der Waals surface area (Å²) < 4.78 is 0. The molecular weight excluding hydrogens is 162 g/mol. The number of hydrogen-bond acceptors (Lipinski definition) is 3. The van der Waals surface area contributed by atoms with Crippen LogP contribution in [0.4, 0.5) is 5.69 Å². The molecule has 0 aromatic heterocycles. The normalized spacial score (nSPS) is 18.5. The van der Waals surface area contributed by atoms with E-state index in [2.05, 4.69) is 21.8 Å². The van der Waals surface area contributed by atoms with E-state index in [1.54, 1.807) is 0 Å². The van der Waals surface area contributed by atoms with Gasteiger partial charge in [0.1, 0.15) is 0 Å². The van der Waals surface area contributed by atoms with Crippen molar-refractivity contribution in [1.29, 1.82) is 0 Å². The van der Waals surface area contributed by atoms with E-state index in [-0.39, 0.29) is 0 Å². The highest BCUT2D eigenvalue weighted by Gasteiger charge is 2.07. The van der Waals surface area contributed by atoms with Gasteiger partial charge >= 0.3 is 0 Å². The topological polar surface area (TPSA) is 27.3 Å². The summed E-state index contributed by atoms with van der Waals surface area (Å²) in [5, 5.41) is 5.54. The van der Waals surface area contributed by atoms with Crippen LogP contribution in [0.25, 0.3) is 0 Å². The minimum absolute atomic E-state index is 1.05. The Kier molecular flexibility index (Phi) is 2.79. The molecule has 3 nitrogen and oxygen atoms in total. The Morgan fingerprint density at radius 1 is 1.23 bits per heavy atom. The molecule has 0 saturated carbocycles. The van der Waals surface area contributed by atoms with E-state index in [1.807, 2.05) is 24.3 Å². The van der Waals surface area contributed by atoms with Crippen molar-refractivity contribution in [3.8, 4) is 0 Å². The fraction of sp³-hybridized carbons (Fsp3) is 0.400. The van der Waals surface area contributed by atoms with Crippen molar-refractivity contribution >= 4 is 5.69 Å². The van der Waals surface area contributed by atoms with Gasteiger partial charge in [-0.2, -0.15) is 0 Å². The van der Waals surface area contributed by atoms with Crippen LogP contribution < -0.4 is 10.7 Å². The molecule has 0 amide bonds. The molecule has 1 saturated heterocycles. The number of nitrogens with zero attached hydrogens (tertiary/aromatic N) is 1. The SMILES string of the molecule is [c]1ccc(NN2CCNCC2)cc1. The Morgan fingerprint density at radius 3 is 2.62 bits per heavy atom. The molecule has 1 aromatic rings.